The third-order valence-corrected chi connectivity index (χ3v) is 3.94. The molecule has 0 fully saturated rings. The molecule has 0 heterocycles. The van der Waals surface area contributed by atoms with Crippen molar-refractivity contribution in [2.75, 3.05) is 0 Å². The van der Waals surface area contributed by atoms with Crippen LogP contribution in [0.4, 0.5) is 4.39 Å². The molecule has 1 unspecified atom stereocenters. The summed E-state index contributed by atoms with van der Waals surface area (Å²) in [6, 6.07) is 19.1. The number of fused-ring (bicyclic) bond motifs is 1. The van der Waals surface area contributed by atoms with E-state index in [0.29, 0.717) is 0 Å². The highest BCUT2D eigenvalue weighted by molar-refractivity contribution is 6.23. The molecule has 2 heteroatoms. The van der Waals surface area contributed by atoms with Crippen LogP contribution in [0.15, 0.2) is 60.7 Å². The van der Waals surface area contributed by atoms with Gasteiger partial charge in [-0.15, -0.1) is 11.6 Å². The lowest BCUT2D eigenvalue weighted by Gasteiger charge is -2.14. The molecule has 0 bridgehead atoms. The van der Waals surface area contributed by atoms with Crippen LogP contribution in [0, 0.1) is 12.7 Å². The van der Waals surface area contributed by atoms with E-state index in [1.54, 1.807) is 0 Å². The van der Waals surface area contributed by atoms with Crippen LogP contribution >= 0.6 is 11.6 Å². The van der Waals surface area contributed by atoms with Crippen molar-refractivity contribution in [3.05, 3.63) is 83.2 Å². The number of hydrogen-bond donors (Lipinski definition) is 0. The number of hydrogen-bond acceptors (Lipinski definition) is 0. The number of rotatable bonds is 2. The Kier molecular flexibility index (Phi) is 3.45. The summed E-state index contributed by atoms with van der Waals surface area (Å²) in [5, 5.41) is 1.90. The van der Waals surface area contributed by atoms with Crippen molar-refractivity contribution in [1.82, 2.24) is 0 Å². The molecule has 0 nitrogen and oxygen atoms in total. The highest BCUT2D eigenvalue weighted by Gasteiger charge is 2.14. The van der Waals surface area contributed by atoms with Crippen molar-refractivity contribution in [3.8, 4) is 0 Å². The second-order valence-electron chi connectivity index (χ2n) is 4.99. The van der Waals surface area contributed by atoms with Crippen molar-refractivity contribution in [3.63, 3.8) is 0 Å². The van der Waals surface area contributed by atoms with Gasteiger partial charge in [0.05, 0.1) is 5.38 Å². The monoisotopic (exact) mass is 284 g/mol. The maximum Gasteiger partial charge on any atom is 0.123 e. The zero-order valence-corrected chi connectivity index (χ0v) is 11.9. The molecule has 0 saturated carbocycles. The first-order chi connectivity index (χ1) is 9.65. The lowest BCUT2D eigenvalue weighted by Crippen LogP contribution is -1.96. The molecule has 3 aromatic rings. The Hall–Kier alpha value is -1.86. The van der Waals surface area contributed by atoms with Crippen LogP contribution in [0.5, 0.6) is 0 Å². The zero-order chi connectivity index (χ0) is 14.1. The van der Waals surface area contributed by atoms with Crippen molar-refractivity contribution in [2.45, 2.75) is 12.3 Å². The van der Waals surface area contributed by atoms with E-state index < -0.39 is 0 Å². The van der Waals surface area contributed by atoms with E-state index >= 15 is 0 Å². The molecule has 0 aliphatic carbocycles. The Morgan fingerprint density at radius 3 is 2.50 bits per heavy atom. The van der Waals surface area contributed by atoms with Crippen molar-refractivity contribution < 1.29 is 4.39 Å². The fourth-order valence-corrected chi connectivity index (χ4v) is 2.88. The Bertz CT molecular complexity index is 739. The van der Waals surface area contributed by atoms with Crippen LogP contribution in [-0.2, 0) is 0 Å². The standard InChI is InChI=1S/C18H14ClF/c1-12-9-14(11-15(20)10-12)18(19)17-8-4-6-13-5-2-3-7-16(13)17/h2-11,18H,1H3. The summed E-state index contributed by atoms with van der Waals surface area (Å²) in [5.41, 5.74) is 2.68. The van der Waals surface area contributed by atoms with E-state index in [0.717, 1.165) is 27.5 Å². The van der Waals surface area contributed by atoms with Crippen molar-refractivity contribution in [1.29, 1.82) is 0 Å². The Labute approximate surface area is 122 Å². The van der Waals surface area contributed by atoms with Crippen LogP contribution in [0.25, 0.3) is 10.8 Å². The Morgan fingerprint density at radius 1 is 0.950 bits per heavy atom. The fourth-order valence-electron chi connectivity index (χ4n) is 2.56. The summed E-state index contributed by atoms with van der Waals surface area (Å²) in [4.78, 5) is 0. The normalized spacial score (nSPS) is 12.6. The van der Waals surface area contributed by atoms with Gasteiger partial charge in [-0.3, -0.25) is 0 Å². The first kappa shape index (κ1) is 13.1. The average Bonchev–Trinajstić information content (AvgIpc) is 2.45. The molecule has 0 aliphatic heterocycles. The minimum absolute atomic E-state index is 0.245. The van der Waals surface area contributed by atoms with Gasteiger partial charge >= 0.3 is 0 Å². The summed E-state index contributed by atoms with van der Waals surface area (Å²) in [5.74, 6) is -0.245. The molecule has 0 aromatic heterocycles. The predicted molar refractivity (Wildman–Crippen MR) is 82.8 cm³/mol. The molecule has 100 valence electrons. The summed E-state index contributed by atoms with van der Waals surface area (Å²) >= 11 is 6.59. The summed E-state index contributed by atoms with van der Waals surface area (Å²) < 4.78 is 13.6. The molecule has 0 saturated heterocycles. The van der Waals surface area contributed by atoms with E-state index in [2.05, 4.69) is 12.1 Å². The van der Waals surface area contributed by atoms with Crippen LogP contribution < -0.4 is 0 Å². The van der Waals surface area contributed by atoms with Gasteiger partial charge in [-0.2, -0.15) is 0 Å². The van der Waals surface area contributed by atoms with E-state index in [1.165, 1.54) is 12.1 Å². The first-order valence-corrected chi connectivity index (χ1v) is 6.97. The highest BCUT2D eigenvalue weighted by atomic mass is 35.5. The van der Waals surface area contributed by atoms with Gasteiger partial charge in [0.2, 0.25) is 0 Å². The van der Waals surface area contributed by atoms with Gasteiger partial charge in [-0.25, -0.2) is 4.39 Å². The number of alkyl halides is 1. The third kappa shape index (κ3) is 2.41. The molecule has 3 rings (SSSR count). The lowest BCUT2D eigenvalue weighted by molar-refractivity contribution is 0.624. The van der Waals surface area contributed by atoms with Crippen LogP contribution in [0.3, 0.4) is 0 Å². The van der Waals surface area contributed by atoms with Gasteiger partial charge in [0, 0.05) is 0 Å². The second kappa shape index (κ2) is 5.26. The van der Waals surface area contributed by atoms with Gasteiger partial charge < -0.3 is 0 Å². The molecule has 3 aromatic carbocycles. The molecule has 20 heavy (non-hydrogen) atoms. The average molecular weight is 285 g/mol. The van der Waals surface area contributed by atoms with Gasteiger partial charge in [-0.05, 0) is 46.5 Å². The summed E-state index contributed by atoms with van der Waals surface area (Å²) in [6.45, 7) is 1.87. The van der Waals surface area contributed by atoms with E-state index in [1.807, 2.05) is 43.3 Å². The summed E-state index contributed by atoms with van der Waals surface area (Å²) in [7, 11) is 0. The number of halogens is 2. The fraction of sp³-hybridized carbons (Fsp3) is 0.111. The topological polar surface area (TPSA) is 0 Å². The SMILES string of the molecule is Cc1cc(F)cc(C(Cl)c2cccc3ccccc23)c1. The molecule has 0 N–H and O–H groups in total. The second-order valence-corrected chi connectivity index (χ2v) is 5.43. The molecular weight excluding hydrogens is 271 g/mol. The van der Waals surface area contributed by atoms with Crippen LogP contribution in [-0.4, -0.2) is 0 Å². The molecule has 1 atom stereocenters. The smallest absolute Gasteiger partial charge is 0.123 e. The molecule has 0 radical (unpaired) electrons. The lowest BCUT2D eigenvalue weighted by atomic mass is 9.97. The maximum atomic E-state index is 13.6. The quantitative estimate of drug-likeness (QED) is 0.536. The summed E-state index contributed by atoms with van der Waals surface area (Å²) in [6.07, 6.45) is 0. The number of aryl methyl sites for hydroxylation is 1. The number of benzene rings is 3. The Balaban J connectivity index is 2.15. The maximum absolute atomic E-state index is 13.6. The van der Waals surface area contributed by atoms with Gasteiger partial charge in [0.15, 0.2) is 0 Å². The van der Waals surface area contributed by atoms with Gasteiger partial charge in [-0.1, -0.05) is 48.5 Å². The minimum Gasteiger partial charge on any atom is -0.207 e. The molecule has 0 aliphatic rings. The molecule has 0 spiro atoms. The van der Waals surface area contributed by atoms with E-state index in [-0.39, 0.29) is 11.2 Å². The van der Waals surface area contributed by atoms with Crippen LogP contribution in [0.1, 0.15) is 22.1 Å². The first-order valence-electron chi connectivity index (χ1n) is 6.54. The van der Waals surface area contributed by atoms with Crippen molar-refractivity contribution >= 4 is 22.4 Å². The van der Waals surface area contributed by atoms with Crippen molar-refractivity contribution in [2.24, 2.45) is 0 Å². The van der Waals surface area contributed by atoms with E-state index in [9.17, 15) is 4.39 Å². The van der Waals surface area contributed by atoms with Gasteiger partial charge in [0.1, 0.15) is 5.82 Å². The zero-order valence-electron chi connectivity index (χ0n) is 11.1. The third-order valence-electron chi connectivity index (χ3n) is 3.45. The molecular formula is C18H14ClF. The molecule has 0 amide bonds. The minimum atomic E-state index is -0.351. The van der Waals surface area contributed by atoms with E-state index in [4.69, 9.17) is 11.6 Å². The predicted octanol–water partition coefficient (Wildman–Crippen LogP) is 5.62. The largest absolute Gasteiger partial charge is 0.207 e. The highest BCUT2D eigenvalue weighted by Crippen LogP contribution is 2.34. The van der Waals surface area contributed by atoms with Gasteiger partial charge in [0.25, 0.3) is 0 Å². The Morgan fingerprint density at radius 2 is 1.70 bits per heavy atom. The van der Waals surface area contributed by atoms with Crippen LogP contribution in [0.2, 0.25) is 0 Å².